The molecule has 1 saturated carbocycles. The molecule has 0 radical (unpaired) electrons. The number of halogens is 1. The number of carbonyl (C=O) groups is 1. The molecule has 3 rings (SSSR count). The Hall–Kier alpha value is -0.870. The van der Waals surface area contributed by atoms with E-state index in [4.69, 9.17) is 0 Å². The van der Waals surface area contributed by atoms with Crippen LogP contribution in [0.5, 0.6) is 0 Å². The van der Waals surface area contributed by atoms with Crippen LogP contribution in [-0.2, 0) is 0 Å². The van der Waals surface area contributed by atoms with Crippen LogP contribution in [0.15, 0.2) is 22.7 Å². The highest BCUT2D eigenvalue weighted by molar-refractivity contribution is 9.10. The van der Waals surface area contributed by atoms with Gasteiger partial charge < -0.3 is 10.2 Å². The Morgan fingerprint density at radius 1 is 1.33 bits per heavy atom. The van der Waals surface area contributed by atoms with Gasteiger partial charge in [0, 0.05) is 29.2 Å². The van der Waals surface area contributed by atoms with E-state index >= 15 is 0 Å². The lowest BCUT2D eigenvalue weighted by Crippen LogP contribution is -2.42. The molecule has 0 aromatic heterocycles. The summed E-state index contributed by atoms with van der Waals surface area (Å²) in [6, 6.07) is 6.44. The molecule has 3 nitrogen and oxygen atoms in total. The number of benzene rings is 1. The molecule has 21 heavy (non-hydrogen) atoms. The van der Waals surface area contributed by atoms with Crippen molar-refractivity contribution in [2.75, 3.05) is 19.6 Å². The first kappa shape index (κ1) is 15.0. The van der Waals surface area contributed by atoms with E-state index in [0.717, 1.165) is 41.2 Å². The second-order valence-corrected chi connectivity index (χ2v) is 7.32. The van der Waals surface area contributed by atoms with Crippen LogP contribution in [0.4, 0.5) is 0 Å². The van der Waals surface area contributed by atoms with Gasteiger partial charge in [-0.2, -0.15) is 0 Å². The first-order valence-electron chi connectivity index (χ1n) is 7.92. The van der Waals surface area contributed by atoms with E-state index in [1.165, 1.54) is 25.7 Å². The van der Waals surface area contributed by atoms with Crippen LogP contribution in [0.25, 0.3) is 0 Å². The third-order valence-electron chi connectivity index (χ3n) is 4.50. The predicted molar refractivity (Wildman–Crippen MR) is 88.5 cm³/mol. The molecule has 0 spiro atoms. The van der Waals surface area contributed by atoms with E-state index in [-0.39, 0.29) is 5.91 Å². The van der Waals surface area contributed by atoms with Gasteiger partial charge in [0.1, 0.15) is 0 Å². The molecule has 2 fully saturated rings. The second-order valence-electron chi connectivity index (χ2n) is 6.41. The van der Waals surface area contributed by atoms with Gasteiger partial charge in [0.25, 0.3) is 5.91 Å². The third-order valence-corrected chi connectivity index (χ3v) is 4.99. The third kappa shape index (κ3) is 3.86. The average Bonchev–Trinajstić information content (AvgIpc) is 3.13. The molecule has 1 amide bonds. The molecule has 1 aromatic rings. The summed E-state index contributed by atoms with van der Waals surface area (Å²) in [6.07, 6.45) is 4.97. The van der Waals surface area contributed by atoms with Crippen molar-refractivity contribution in [3.05, 3.63) is 33.8 Å². The Bertz CT molecular complexity index is 522. The zero-order valence-corrected chi connectivity index (χ0v) is 14.2. The molecule has 1 aromatic carbocycles. The number of amides is 1. The van der Waals surface area contributed by atoms with Crippen LogP contribution in [-0.4, -0.2) is 36.5 Å². The minimum Gasteiger partial charge on any atom is -0.337 e. The first-order valence-corrected chi connectivity index (χ1v) is 8.71. The van der Waals surface area contributed by atoms with Crippen molar-refractivity contribution in [2.45, 2.75) is 38.6 Å². The summed E-state index contributed by atoms with van der Waals surface area (Å²) < 4.78 is 0.974. The van der Waals surface area contributed by atoms with Gasteiger partial charge in [0.2, 0.25) is 0 Å². The molecular weight excluding hydrogens is 328 g/mol. The number of hydrogen-bond donors (Lipinski definition) is 1. The molecule has 1 aliphatic carbocycles. The Balaban J connectivity index is 1.76. The molecule has 1 atom stereocenters. The van der Waals surface area contributed by atoms with Gasteiger partial charge in [-0.25, -0.2) is 0 Å². The average molecular weight is 351 g/mol. The number of rotatable bonds is 5. The largest absolute Gasteiger partial charge is 0.337 e. The molecule has 4 heteroatoms. The highest BCUT2D eigenvalue weighted by Gasteiger charge is 2.30. The van der Waals surface area contributed by atoms with Gasteiger partial charge in [0.05, 0.1) is 0 Å². The minimum absolute atomic E-state index is 0.189. The fourth-order valence-electron chi connectivity index (χ4n) is 3.03. The van der Waals surface area contributed by atoms with Crippen molar-refractivity contribution in [1.29, 1.82) is 0 Å². The molecule has 1 N–H and O–H groups in total. The van der Waals surface area contributed by atoms with Gasteiger partial charge in [-0.05, 0) is 62.8 Å². The van der Waals surface area contributed by atoms with E-state index in [0.29, 0.717) is 6.04 Å². The van der Waals surface area contributed by atoms with Crippen LogP contribution in [0.2, 0.25) is 0 Å². The summed E-state index contributed by atoms with van der Waals surface area (Å²) in [5, 5.41) is 3.51. The second kappa shape index (κ2) is 6.49. The first-order chi connectivity index (χ1) is 10.1. The summed E-state index contributed by atoms with van der Waals surface area (Å²) in [5.74, 6) is 0.914. The van der Waals surface area contributed by atoms with Crippen molar-refractivity contribution >= 4 is 21.8 Å². The molecule has 0 bridgehead atoms. The molecule has 2 aliphatic rings. The maximum Gasteiger partial charge on any atom is 0.254 e. The van der Waals surface area contributed by atoms with E-state index in [2.05, 4.69) is 26.1 Å². The van der Waals surface area contributed by atoms with Crippen LogP contribution in [0.3, 0.4) is 0 Å². The lowest BCUT2D eigenvalue weighted by molar-refractivity contribution is 0.0732. The predicted octanol–water partition coefficient (Wildman–Crippen LogP) is 3.36. The SMILES string of the molecule is Cc1ccc(Br)cc1C(=O)N(CC1CC1)CC1CCCN1. The normalized spacial score (nSPS) is 21.5. The summed E-state index contributed by atoms with van der Waals surface area (Å²) in [4.78, 5) is 15.0. The topological polar surface area (TPSA) is 32.3 Å². The number of hydrogen-bond acceptors (Lipinski definition) is 2. The Kier molecular flexibility index (Phi) is 4.65. The number of nitrogens with one attached hydrogen (secondary N) is 1. The maximum absolute atomic E-state index is 12.9. The van der Waals surface area contributed by atoms with Gasteiger partial charge in [0.15, 0.2) is 0 Å². The monoisotopic (exact) mass is 350 g/mol. The Morgan fingerprint density at radius 3 is 2.81 bits per heavy atom. The zero-order chi connectivity index (χ0) is 14.8. The standard InChI is InChI=1S/C17H23BrN2O/c1-12-4-7-14(18)9-16(12)17(21)20(10-13-5-6-13)11-15-3-2-8-19-15/h4,7,9,13,15,19H,2-3,5-6,8,10-11H2,1H3. The fourth-order valence-corrected chi connectivity index (χ4v) is 3.39. The molecule has 1 unspecified atom stereocenters. The quantitative estimate of drug-likeness (QED) is 0.882. The maximum atomic E-state index is 12.9. The highest BCUT2D eigenvalue weighted by atomic mass is 79.9. The minimum atomic E-state index is 0.189. The van der Waals surface area contributed by atoms with Crippen LogP contribution < -0.4 is 5.32 Å². The lowest BCUT2D eigenvalue weighted by atomic mass is 10.1. The van der Waals surface area contributed by atoms with Crippen molar-refractivity contribution in [3.8, 4) is 0 Å². The number of aryl methyl sites for hydroxylation is 1. The van der Waals surface area contributed by atoms with E-state index in [1.807, 2.05) is 25.1 Å². The van der Waals surface area contributed by atoms with Gasteiger partial charge in [-0.15, -0.1) is 0 Å². The van der Waals surface area contributed by atoms with Crippen molar-refractivity contribution in [2.24, 2.45) is 5.92 Å². The number of carbonyl (C=O) groups excluding carboxylic acids is 1. The van der Waals surface area contributed by atoms with Crippen molar-refractivity contribution < 1.29 is 4.79 Å². The molecule has 1 aliphatic heterocycles. The molecular formula is C17H23BrN2O. The zero-order valence-electron chi connectivity index (χ0n) is 12.6. The van der Waals surface area contributed by atoms with Gasteiger partial charge >= 0.3 is 0 Å². The van der Waals surface area contributed by atoms with Crippen LogP contribution in [0, 0.1) is 12.8 Å². The summed E-state index contributed by atoms with van der Waals surface area (Å²) >= 11 is 3.48. The van der Waals surface area contributed by atoms with E-state index < -0.39 is 0 Å². The highest BCUT2D eigenvalue weighted by Crippen LogP contribution is 2.31. The van der Waals surface area contributed by atoms with Gasteiger partial charge in [-0.3, -0.25) is 4.79 Å². The van der Waals surface area contributed by atoms with Gasteiger partial charge in [-0.1, -0.05) is 22.0 Å². The summed E-state index contributed by atoms with van der Waals surface area (Å²) in [5.41, 5.74) is 1.89. The van der Waals surface area contributed by atoms with E-state index in [1.54, 1.807) is 0 Å². The molecule has 114 valence electrons. The smallest absolute Gasteiger partial charge is 0.254 e. The molecule has 1 heterocycles. The van der Waals surface area contributed by atoms with Crippen molar-refractivity contribution in [1.82, 2.24) is 10.2 Å². The lowest BCUT2D eigenvalue weighted by Gasteiger charge is -2.26. The Morgan fingerprint density at radius 2 is 2.14 bits per heavy atom. The number of nitrogens with zero attached hydrogens (tertiary/aromatic N) is 1. The van der Waals surface area contributed by atoms with Crippen LogP contribution >= 0.6 is 15.9 Å². The fraction of sp³-hybridized carbons (Fsp3) is 0.588. The Labute approximate surface area is 135 Å². The summed E-state index contributed by atoms with van der Waals surface area (Å²) in [6.45, 7) is 4.87. The van der Waals surface area contributed by atoms with Crippen LogP contribution in [0.1, 0.15) is 41.6 Å². The molecule has 1 saturated heterocycles. The van der Waals surface area contributed by atoms with Crippen molar-refractivity contribution in [3.63, 3.8) is 0 Å². The summed E-state index contributed by atoms with van der Waals surface area (Å²) in [7, 11) is 0. The van der Waals surface area contributed by atoms with E-state index in [9.17, 15) is 4.79 Å².